The number of nitrogens with one attached hydrogen (secondary N) is 2. The summed E-state index contributed by atoms with van der Waals surface area (Å²) in [7, 11) is 0. The Morgan fingerprint density at radius 3 is 2.83 bits per heavy atom. The molecule has 0 atom stereocenters. The van der Waals surface area contributed by atoms with Crippen LogP contribution in [0.25, 0.3) is 0 Å². The molecule has 0 bridgehead atoms. The van der Waals surface area contributed by atoms with Gasteiger partial charge in [0.2, 0.25) is 17.7 Å². The Morgan fingerprint density at radius 1 is 1.30 bits per heavy atom. The van der Waals surface area contributed by atoms with Crippen LogP contribution in [-0.2, 0) is 23.8 Å². The number of H-pyrrole nitrogens is 1. The first-order chi connectivity index (χ1) is 10.9. The predicted molar refractivity (Wildman–Crippen MR) is 79.2 cm³/mol. The van der Waals surface area contributed by atoms with Gasteiger partial charge in [-0.15, -0.1) is 16.9 Å². The van der Waals surface area contributed by atoms with E-state index >= 15 is 0 Å². The fraction of sp³-hybridized carbons (Fsp3) is 0.357. The van der Waals surface area contributed by atoms with Crippen LogP contribution in [0, 0.1) is 0 Å². The zero-order chi connectivity index (χ0) is 16.4. The number of halogens is 3. The summed E-state index contributed by atoms with van der Waals surface area (Å²) in [6, 6.07) is 6.08. The van der Waals surface area contributed by atoms with Crippen molar-refractivity contribution in [3.05, 3.63) is 35.2 Å². The van der Waals surface area contributed by atoms with E-state index in [1.165, 1.54) is 22.9 Å². The Morgan fingerprint density at radius 2 is 2.09 bits per heavy atom. The summed E-state index contributed by atoms with van der Waals surface area (Å²) in [5.74, 6) is -1.99. The van der Waals surface area contributed by atoms with Crippen molar-refractivity contribution < 1.29 is 18.0 Å². The van der Waals surface area contributed by atoms with Gasteiger partial charge in [-0.25, -0.2) is 0 Å². The molecule has 2 aromatic rings. The molecule has 3 rings (SSSR count). The Balaban J connectivity index is 1.54. The Hall–Kier alpha value is -2.03. The summed E-state index contributed by atoms with van der Waals surface area (Å²) in [6.45, 7) is 0. The maximum absolute atomic E-state index is 12.4. The minimum Gasteiger partial charge on any atom is -0.292 e. The first-order valence-corrected chi connectivity index (χ1v) is 7.94. The van der Waals surface area contributed by atoms with Crippen LogP contribution in [0.2, 0.25) is 0 Å². The quantitative estimate of drug-likeness (QED) is 0.838. The number of fused-ring (bicyclic) bond motifs is 1. The molecule has 0 aliphatic heterocycles. The number of hydrogen-bond acceptors (Lipinski definition) is 4. The molecule has 0 saturated carbocycles. The number of amides is 1. The lowest BCUT2D eigenvalue weighted by molar-refractivity contribution is -0.144. The maximum Gasteiger partial charge on any atom is 0.451 e. The van der Waals surface area contributed by atoms with E-state index in [1.54, 1.807) is 5.10 Å². The van der Waals surface area contributed by atoms with Gasteiger partial charge in [0.1, 0.15) is 0 Å². The standard InChI is InChI=1S/C14H13F3N4OS/c15-14(16,17)12-19-13(21-20-12)18-11(22)7-23-10-5-4-8-2-1-3-9(8)6-10/h4-6H,1-3,7H2,(H2,18,19,20,21,22). The lowest BCUT2D eigenvalue weighted by Crippen LogP contribution is -2.15. The summed E-state index contributed by atoms with van der Waals surface area (Å²) in [5, 5.41) is 7.32. The molecule has 122 valence electrons. The highest BCUT2D eigenvalue weighted by atomic mass is 32.2. The first-order valence-electron chi connectivity index (χ1n) is 6.96. The molecule has 1 aromatic carbocycles. The fourth-order valence-corrected chi connectivity index (χ4v) is 3.15. The number of benzene rings is 1. The van der Waals surface area contributed by atoms with E-state index in [1.807, 2.05) is 6.07 Å². The minimum absolute atomic E-state index is 0.0781. The number of hydrogen-bond donors (Lipinski definition) is 2. The summed E-state index contributed by atoms with van der Waals surface area (Å²) < 4.78 is 37.1. The molecule has 0 unspecified atom stereocenters. The average Bonchev–Trinajstić information content (AvgIpc) is 3.12. The van der Waals surface area contributed by atoms with Crippen molar-refractivity contribution in [2.24, 2.45) is 0 Å². The second kappa shape index (κ2) is 6.23. The molecule has 23 heavy (non-hydrogen) atoms. The second-order valence-corrected chi connectivity index (χ2v) is 6.18. The molecule has 1 heterocycles. The molecular weight excluding hydrogens is 329 g/mol. The third-order valence-corrected chi connectivity index (χ3v) is 4.44. The number of thioether (sulfide) groups is 1. The van der Waals surface area contributed by atoms with Crippen LogP contribution in [-0.4, -0.2) is 26.8 Å². The number of anilines is 1. The number of nitrogens with zero attached hydrogens (tertiary/aromatic N) is 2. The maximum atomic E-state index is 12.4. The van der Waals surface area contributed by atoms with Gasteiger partial charge in [-0.3, -0.25) is 15.2 Å². The number of aromatic amines is 1. The van der Waals surface area contributed by atoms with Crippen LogP contribution in [0.3, 0.4) is 0 Å². The molecule has 0 saturated heterocycles. The molecule has 1 aliphatic carbocycles. The normalized spacial score (nSPS) is 13.9. The molecule has 2 N–H and O–H groups in total. The topological polar surface area (TPSA) is 70.7 Å². The van der Waals surface area contributed by atoms with Crippen LogP contribution >= 0.6 is 11.8 Å². The van der Waals surface area contributed by atoms with Crippen molar-refractivity contribution in [3.63, 3.8) is 0 Å². The van der Waals surface area contributed by atoms with Crippen molar-refractivity contribution in [2.75, 3.05) is 11.1 Å². The molecule has 9 heteroatoms. The molecular formula is C14H13F3N4OS. The van der Waals surface area contributed by atoms with Gasteiger partial charge in [0.05, 0.1) is 5.75 Å². The van der Waals surface area contributed by atoms with E-state index in [4.69, 9.17) is 0 Å². The van der Waals surface area contributed by atoms with Crippen LogP contribution in [0.15, 0.2) is 23.1 Å². The van der Waals surface area contributed by atoms with Crippen LogP contribution in [0.5, 0.6) is 0 Å². The van der Waals surface area contributed by atoms with Crippen molar-refractivity contribution in [1.29, 1.82) is 0 Å². The second-order valence-electron chi connectivity index (χ2n) is 5.13. The molecule has 5 nitrogen and oxygen atoms in total. The molecule has 0 spiro atoms. The van der Waals surface area contributed by atoms with Gasteiger partial charge in [-0.2, -0.15) is 18.2 Å². The van der Waals surface area contributed by atoms with Crippen LogP contribution < -0.4 is 5.32 Å². The Bertz CT molecular complexity index is 729. The van der Waals surface area contributed by atoms with E-state index in [9.17, 15) is 18.0 Å². The monoisotopic (exact) mass is 342 g/mol. The van der Waals surface area contributed by atoms with Gasteiger partial charge in [-0.05, 0) is 42.5 Å². The minimum atomic E-state index is -4.62. The van der Waals surface area contributed by atoms with Crippen LogP contribution in [0.4, 0.5) is 19.1 Å². The lowest BCUT2D eigenvalue weighted by Gasteiger charge is -2.04. The van der Waals surface area contributed by atoms with E-state index in [0.717, 1.165) is 24.2 Å². The number of alkyl halides is 3. The van der Waals surface area contributed by atoms with Gasteiger partial charge >= 0.3 is 6.18 Å². The van der Waals surface area contributed by atoms with E-state index in [0.29, 0.717) is 0 Å². The Kier molecular flexibility index (Phi) is 4.29. The number of aromatic nitrogens is 3. The highest BCUT2D eigenvalue weighted by Gasteiger charge is 2.35. The Labute approximate surface area is 134 Å². The van der Waals surface area contributed by atoms with Gasteiger partial charge in [0.15, 0.2) is 0 Å². The third kappa shape index (κ3) is 3.84. The number of carbonyl (C=O) groups excluding carboxylic acids is 1. The molecule has 1 amide bonds. The lowest BCUT2D eigenvalue weighted by atomic mass is 10.1. The predicted octanol–water partition coefficient (Wildman–Crippen LogP) is 3.04. The van der Waals surface area contributed by atoms with Crippen molar-refractivity contribution >= 4 is 23.6 Å². The third-order valence-electron chi connectivity index (χ3n) is 3.45. The van der Waals surface area contributed by atoms with Crippen molar-refractivity contribution in [2.45, 2.75) is 30.3 Å². The number of aryl methyl sites for hydroxylation is 2. The van der Waals surface area contributed by atoms with Gasteiger partial charge in [0.25, 0.3) is 0 Å². The van der Waals surface area contributed by atoms with E-state index < -0.39 is 17.9 Å². The van der Waals surface area contributed by atoms with Gasteiger partial charge < -0.3 is 0 Å². The highest BCUT2D eigenvalue weighted by molar-refractivity contribution is 8.00. The number of carbonyl (C=O) groups is 1. The SMILES string of the molecule is O=C(CSc1ccc2c(c1)CCC2)Nc1n[nH]c(C(F)(F)F)n1. The highest BCUT2D eigenvalue weighted by Crippen LogP contribution is 2.28. The first kappa shape index (κ1) is 15.9. The molecule has 1 aliphatic rings. The van der Waals surface area contributed by atoms with E-state index in [2.05, 4.69) is 27.5 Å². The summed E-state index contributed by atoms with van der Waals surface area (Å²) in [5.41, 5.74) is 2.65. The largest absolute Gasteiger partial charge is 0.451 e. The van der Waals surface area contributed by atoms with Gasteiger partial charge in [0, 0.05) is 4.90 Å². The summed E-state index contributed by atoms with van der Waals surface area (Å²) in [4.78, 5) is 15.9. The van der Waals surface area contributed by atoms with E-state index in [-0.39, 0.29) is 11.7 Å². The number of rotatable bonds is 4. The average molecular weight is 342 g/mol. The van der Waals surface area contributed by atoms with Crippen LogP contribution in [0.1, 0.15) is 23.4 Å². The fourth-order valence-electron chi connectivity index (χ4n) is 2.39. The molecule has 0 fully saturated rings. The zero-order valence-electron chi connectivity index (χ0n) is 11.9. The van der Waals surface area contributed by atoms with Gasteiger partial charge in [-0.1, -0.05) is 6.07 Å². The molecule has 0 radical (unpaired) electrons. The summed E-state index contributed by atoms with van der Waals surface area (Å²) >= 11 is 1.33. The van der Waals surface area contributed by atoms with Crippen molar-refractivity contribution in [3.8, 4) is 0 Å². The zero-order valence-corrected chi connectivity index (χ0v) is 12.7. The molecule has 1 aromatic heterocycles. The van der Waals surface area contributed by atoms with Crippen molar-refractivity contribution in [1.82, 2.24) is 15.2 Å². The smallest absolute Gasteiger partial charge is 0.292 e. The summed E-state index contributed by atoms with van der Waals surface area (Å²) in [6.07, 6.45) is -1.33.